The molecule has 2 nitrogen and oxygen atoms in total. The van der Waals surface area contributed by atoms with E-state index in [2.05, 4.69) is 0 Å². The molecule has 0 fully saturated rings. The van der Waals surface area contributed by atoms with Gasteiger partial charge in [0.05, 0.1) is 0 Å². The second-order valence-electron chi connectivity index (χ2n) is 5.05. The third-order valence-electron chi connectivity index (χ3n) is 4.09. The highest BCUT2D eigenvalue weighted by Gasteiger charge is 2.26. The van der Waals surface area contributed by atoms with E-state index in [-0.39, 0.29) is 0 Å². The highest BCUT2D eigenvalue weighted by Crippen LogP contribution is 2.41. The molecule has 0 bridgehead atoms. The van der Waals surface area contributed by atoms with Crippen molar-refractivity contribution in [1.82, 2.24) is 0 Å². The molecule has 0 amide bonds. The van der Waals surface area contributed by atoms with E-state index in [4.69, 9.17) is 11.6 Å². The summed E-state index contributed by atoms with van der Waals surface area (Å²) in [5, 5.41) is 19.6. The van der Waals surface area contributed by atoms with Gasteiger partial charge in [0.2, 0.25) is 0 Å². The van der Waals surface area contributed by atoms with E-state index < -0.39 is 7.12 Å². The molecule has 0 saturated heterocycles. The molecule has 0 aliphatic heterocycles. The third-order valence-corrected chi connectivity index (χ3v) is 4.50. The molecule has 2 aromatic carbocycles. The first-order chi connectivity index (χ1) is 9.00. The molecule has 2 N–H and O–H groups in total. The van der Waals surface area contributed by atoms with Crippen molar-refractivity contribution in [2.75, 3.05) is 0 Å². The Morgan fingerprint density at radius 1 is 0.947 bits per heavy atom. The fourth-order valence-electron chi connectivity index (χ4n) is 2.92. The number of hydrogen-bond acceptors (Lipinski definition) is 2. The minimum atomic E-state index is -1.42. The lowest BCUT2D eigenvalue weighted by Crippen LogP contribution is -2.32. The summed E-state index contributed by atoms with van der Waals surface area (Å²) in [5.74, 6) is 0. The van der Waals surface area contributed by atoms with Crippen LogP contribution in [0, 0.1) is 13.8 Å². The van der Waals surface area contributed by atoms with Crippen LogP contribution in [0.3, 0.4) is 0 Å². The predicted octanol–water partition coefficient (Wildman–Crippen LogP) is 2.21. The maximum atomic E-state index is 9.39. The molecule has 0 unspecified atom stereocenters. The Labute approximate surface area is 117 Å². The lowest BCUT2D eigenvalue weighted by Gasteiger charge is -2.10. The lowest BCUT2D eigenvalue weighted by atomic mass is 9.75. The summed E-state index contributed by atoms with van der Waals surface area (Å²) < 4.78 is 0. The number of halogens is 1. The van der Waals surface area contributed by atoms with E-state index in [1.807, 2.05) is 32.0 Å². The quantitative estimate of drug-likeness (QED) is 0.667. The maximum absolute atomic E-state index is 9.39. The van der Waals surface area contributed by atoms with E-state index >= 15 is 0 Å². The zero-order chi connectivity index (χ0) is 13.7. The van der Waals surface area contributed by atoms with Gasteiger partial charge in [0.1, 0.15) is 0 Å². The molecule has 0 saturated carbocycles. The fourth-order valence-corrected chi connectivity index (χ4v) is 3.10. The summed E-state index contributed by atoms with van der Waals surface area (Å²) in [6.07, 6.45) is 0.809. The van der Waals surface area contributed by atoms with E-state index in [1.165, 1.54) is 22.3 Å². The van der Waals surface area contributed by atoms with Crippen LogP contribution in [0.5, 0.6) is 0 Å². The Hall–Kier alpha value is -1.29. The van der Waals surface area contributed by atoms with Crippen LogP contribution in [0.1, 0.15) is 22.3 Å². The zero-order valence-corrected chi connectivity index (χ0v) is 11.6. The fraction of sp³-hybridized carbons (Fsp3) is 0.200. The Kier molecular flexibility index (Phi) is 2.93. The highest BCUT2D eigenvalue weighted by atomic mass is 35.5. The average Bonchev–Trinajstić information content (AvgIpc) is 2.74. The lowest BCUT2D eigenvalue weighted by molar-refractivity contribution is 0.425. The summed E-state index contributed by atoms with van der Waals surface area (Å²) in [5.41, 5.74) is 7.45. The van der Waals surface area contributed by atoms with Crippen LogP contribution in [-0.4, -0.2) is 17.2 Å². The van der Waals surface area contributed by atoms with Crippen molar-refractivity contribution in [1.29, 1.82) is 0 Å². The van der Waals surface area contributed by atoms with Gasteiger partial charge in [-0.05, 0) is 65.2 Å². The molecule has 0 radical (unpaired) electrons. The first kappa shape index (κ1) is 12.7. The first-order valence-electron chi connectivity index (χ1n) is 6.27. The summed E-state index contributed by atoms with van der Waals surface area (Å²) >= 11 is 6.18. The Balaban J connectivity index is 2.23. The first-order valence-corrected chi connectivity index (χ1v) is 6.65. The van der Waals surface area contributed by atoms with Gasteiger partial charge in [-0.1, -0.05) is 29.8 Å². The number of rotatable bonds is 1. The second kappa shape index (κ2) is 4.38. The average molecular weight is 273 g/mol. The zero-order valence-electron chi connectivity index (χ0n) is 10.9. The Morgan fingerprint density at radius 3 is 2.16 bits per heavy atom. The van der Waals surface area contributed by atoms with Crippen molar-refractivity contribution in [3.05, 3.63) is 51.5 Å². The monoisotopic (exact) mass is 272 g/mol. The van der Waals surface area contributed by atoms with Crippen LogP contribution >= 0.6 is 11.6 Å². The van der Waals surface area contributed by atoms with Crippen molar-refractivity contribution >= 4 is 24.2 Å². The molecule has 19 heavy (non-hydrogen) atoms. The largest absolute Gasteiger partial charge is 0.488 e. The smallest absolute Gasteiger partial charge is 0.423 e. The number of hydrogen-bond donors (Lipinski definition) is 2. The van der Waals surface area contributed by atoms with Crippen molar-refractivity contribution in [2.45, 2.75) is 20.3 Å². The van der Waals surface area contributed by atoms with Crippen molar-refractivity contribution in [3.8, 4) is 11.1 Å². The van der Waals surface area contributed by atoms with Crippen molar-refractivity contribution in [3.63, 3.8) is 0 Å². The van der Waals surface area contributed by atoms with Gasteiger partial charge in [-0.2, -0.15) is 0 Å². The molecule has 0 heterocycles. The molecule has 3 rings (SSSR count). The van der Waals surface area contributed by atoms with Crippen LogP contribution < -0.4 is 5.46 Å². The van der Waals surface area contributed by atoms with Crippen LogP contribution in [-0.2, 0) is 6.42 Å². The Morgan fingerprint density at radius 2 is 1.53 bits per heavy atom. The van der Waals surface area contributed by atoms with Crippen LogP contribution in [0.25, 0.3) is 11.1 Å². The minimum absolute atomic E-state index is 0.579. The van der Waals surface area contributed by atoms with Gasteiger partial charge in [-0.15, -0.1) is 0 Å². The van der Waals surface area contributed by atoms with Crippen molar-refractivity contribution in [2.24, 2.45) is 0 Å². The molecule has 96 valence electrons. The van der Waals surface area contributed by atoms with Gasteiger partial charge in [0, 0.05) is 5.02 Å². The highest BCUT2D eigenvalue weighted by molar-refractivity contribution is 6.59. The molecule has 0 aromatic heterocycles. The second-order valence-corrected chi connectivity index (χ2v) is 5.46. The van der Waals surface area contributed by atoms with Crippen LogP contribution in [0.15, 0.2) is 24.3 Å². The Bertz CT molecular complexity index is 680. The van der Waals surface area contributed by atoms with Crippen molar-refractivity contribution < 1.29 is 10.0 Å². The molecule has 0 atom stereocenters. The molecule has 1 aliphatic rings. The number of fused-ring (bicyclic) bond motifs is 3. The van der Waals surface area contributed by atoms with E-state index in [9.17, 15) is 10.0 Å². The van der Waals surface area contributed by atoms with Gasteiger partial charge in [-0.3, -0.25) is 0 Å². The summed E-state index contributed by atoms with van der Waals surface area (Å²) in [7, 11) is -1.42. The molecular formula is C15H14BClO2. The van der Waals surface area contributed by atoms with Crippen LogP contribution in [0.2, 0.25) is 5.02 Å². The molecular weight excluding hydrogens is 258 g/mol. The number of benzene rings is 2. The molecule has 4 heteroatoms. The topological polar surface area (TPSA) is 40.5 Å². The van der Waals surface area contributed by atoms with E-state index in [0.717, 1.165) is 22.6 Å². The normalized spacial score (nSPS) is 12.3. The van der Waals surface area contributed by atoms with Crippen LogP contribution in [0.4, 0.5) is 0 Å². The van der Waals surface area contributed by atoms with Gasteiger partial charge in [-0.25, -0.2) is 0 Å². The van der Waals surface area contributed by atoms with E-state index in [1.54, 1.807) is 6.07 Å². The predicted molar refractivity (Wildman–Crippen MR) is 79.0 cm³/mol. The maximum Gasteiger partial charge on any atom is 0.488 e. The molecule has 0 spiro atoms. The SMILES string of the molecule is Cc1c(Cl)ccc2c1Cc1c-2ccc(B(O)O)c1C. The van der Waals surface area contributed by atoms with Gasteiger partial charge >= 0.3 is 7.12 Å². The standard InChI is InChI=1S/C15H14BClO2/c1-8-12-7-13-9(2)15(17)6-4-11(13)10(12)3-5-14(8)16(18)19/h3-6,18-19H,7H2,1-2H3. The third kappa shape index (κ3) is 1.81. The molecule has 2 aromatic rings. The summed E-state index contributed by atoms with van der Waals surface area (Å²) in [6, 6.07) is 7.73. The van der Waals surface area contributed by atoms with Gasteiger partial charge < -0.3 is 10.0 Å². The minimum Gasteiger partial charge on any atom is -0.423 e. The summed E-state index contributed by atoms with van der Waals surface area (Å²) in [4.78, 5) is 0. The van der Waals surface area contributed by atoms with Gasteiger partial charge in [0.25, 0.3) is 0 Å². The van der Waals surface area contributed by atoms with E-state index in [0.29, 0.717) is 5.46 Å². The summed E-state index contributed by atoms with van der Waals surface area (Å²) in [6.45, 7) is 3.97. The van der Waals surface area contributed by atoms with Gasteiger partial charge in [0.15, 0.2) is 0 Å². The molecule has 1 aliphatic carbocycles.